The average molecular weight is 1130 g/mol. The van der Waals surface area contributed by atoms with E-state index in [0.717, 1.165) is 116 Å². The van der Waals surface area contributed by atoms with Gasteiger partial charge in [0, 0.05) is 12.8 Å². The van der Waals surface area contributed by atoms with Crippen LogP contribution in [0.25, 0.3) is 0 Å². The molecule has 1 N–H and O–H groups in total. The summed E-state index contributed by atoms with van der Waals surface area (Å²) >= 11 is 0. The highest BCUT2D eigenvalue weighted by Crippen LogP contribution is 2.17. The number of esters is 2. The molecule has 0 rings (SSSR count). The van der Waals surface area contributed by atoms with E-state index >= 15 is 0 Å². The molecule has 5 nitrogen and oxygen atoms in total. The van der Waals surface area contributed by atoms with Crippen LogP contribution < -0.4 is 0 Å². The van der Waals surface area contributed by atoms with Crippen molar-refractivity contribution in [2.24, 2.45) is 0 Å². The topological polar surface area (TPSA) is 72.8 Å². The molecule has 82 heavy (non-hydrogen) atoms. The Morgan fingerprint density at radius 1 is 0.280 bits per heavy atom. The van der Waals surface area contributed by atoms with Crippen LogP contribution in [0.4, 0.5) is 0 Å². The second-order valence-corrected chi connectivity index (χ2v) is 22.5. The average Bonchev–Trinajstić information content (AvgIpc) is 3.49. The third-order valence-electron chi connectivity index (χ3n) is 14.6. The first-order chi connectivity index (χ1) is 40.6. The molecule has 0 fully saturated rings. The van der Waals surface area contributed by atoms with Crippen LogP contribution in [-0.4, -0.2) is 36.4 Å². The normalized spacial score (nSPS) is 13.2. The van der Waals surface area contributed by atoms with E-state index < -0.39 is 6.10 Å². The van der Waals surface area contributed by atoms with Crippen molar-refractivity contribution in [2.75, 3.05) is 13.2 Å². The number of carbonyl (C=O) groups is 2. The molecule has 0 saturated heterocycles. The maximum absolute atomic E-state index is 12.4. The van der Waals surface area contributed by atoms with E-state index in [1.54, 1.807) is 0 Å². The highest BCUT2D eigenvalue weighted by Gasteiger charge is 2.16. The Labute approximate surface area is 508 Å². The van der Waals surface area contributed by atoms with Crippen molar-refractivity contribution in [3.8, 4) is 0 Å². The largest absolute Gasteiger partial charge is 0.462 e. The highest BCUT2D eigenvalue weighted by molar-refractivity contribution is 5.70. The van der Waals surface area contributed by atoms with E-state index in [1.165, 1.54) is 167 Å². The van der Waals surface area contributed by atoms with Crippen molar-refractivity contribution in [1.82, 2.24) is 0 Å². The first-order valence-corrected chi connectivity index (χ1v) is 34.4. The van der Waals surface area contributed by atoms with Crippen molar-refractivity contribution >= 4 is 11.9 Å². The van der Waals surface area contributed by atoms with Crippen LogP contribution in [-0.2, 0) is 19.1 Å². The predicted octanol–water partition coefficient (Wildman–Crippen LogP) is 24.1. The molecular formula is C77H128O5. The predicted molar refractivity (Wildman–Crippen MR) is 361 cm³/mol. The molecule has 0 aromatic rings. The fraction of sp³-hybridized carbons (Fsp3) is 0.662. The number of hydrogen-bond acceptors (Lipinski definition) is 5. The third-order valence-corrected chi connectivity index (χ3v) is 14.6. The van der Waals surface area contributed by atoms with Gasteiger partial charge in [-0.25, -0.2) is 0 Å². The summed E-state index contributed by atoms with van der Waals surface area (Å²) in [6.07, 6.45) is 107. The summed E-state index contributed by atoms with van der Waals surface area (Å²) < 4.78 is 10.8. The minimum atomic E-state index is -0.782. The van der Waals surface area contributed by atoms with Crippen LogP contribution in [0, 0.1) is 0 Å². The summed E-state index contributed by atoms with van der Waals surface area (Å²) in [7, 11) is 0. The van der Waals surface area contributed by atoms with Crippen LogP contribution in [0.15, 0.2) is 146 Å². The molecule has 0 heterocycles. The van der Waals surface area contributed by atoms with Gasteiger partial charge in [-0.05, 0) is 116 Å². The van der Waals surface area contributed by atoms with Crippen molar-refractivity contribution < 1.29 is 24.2 Å². The van der Waals surface area contributed by atoms with Crippen molar-refractivity contribution in [2.45, 2.75) is 315 Å². The summed E-state index contributed by atoms with van der Waals surface area (Å²) in [4.78, 5) is 24.6. The Bertz CT molecular complexity index is 1710. The van der Waals surface area contributed by atoms with Gasteiger partial charge >= 0.3 is 11.9 Å². The summed E-state index contributed by atoms with van der Waals surface area (Å²) in [5.74, 6) is -0.589. The van der Waals surface area contributed by atoms with E-state index in [9.17, 15) is 14.7 Å². The number of aliphatic hydroxyl groups is 1. The fourth-order valence-corrected chi connectivity index (χ4v) is 9.57. The number of unbranched alkanes of at least 4 members (excludes halogenated alkanes) is 30. The van der Waals surface area contributed by atoms with Crippen LogP contribution in [0.2, 0.25) is 0 Å². The van der Waals surface area contributed by atoms with Crippen LogP contribution in [0.5, 0.6) is 0 Å². The molecule has 0 bridgehead atoms. The van der Waals surface area contributed by atoms with Crippen LogP contribution in [0.1, 0.15) is 309 Å². The Morgan fingerprint density at radius 2 is 0.488 bits per heavy atom. The van der Waals surface area contributed by atoms with Gasteiger partial charge < -0.3 is 14.6 Å². The van der Waals surface area contributed by atoms with Crippen molar-refractivity contribution in [3.63, 3.8) is 0 Å². The molecule has 1 atom stereocenters. The zero-order chi connectivity index (χ0) is 59.1. The number of carbonyl (C=O) groups excluding carboxylic acids is 2. The van der Waals surface area contributed by atoms with Gasteiger partial charge in [-0.2, -0.15) is 0 Å². The Morgan fingerprint density at radius 3 is 0.732 bits per heavy atom. The van der Waals surface area contributed by atoms with Crippen molar-refractivity contribution in [1.29, 1.82) is 0 Å². The Hall–Kier alpha value is -4.22. The highest BCUT2D eigenvalue weighted by atomic mass is 16.6. The van der Waals surface area contributed by atoms with Gasteiger partial charge in [0.1, 0.15) is 6.61 Å². The number of rotatable bonds is 62. The molecule has 0 spiro atoms. The van der Waals surface area contributed by atoms with Gasteiger partial charge in [-0.3, -0.25) is 9.59 Å². The van der Waals surface area contributed by atoms with Gasteiger partial charge in [0.2, 0.25) is 0 Å². The van der Waals surface area contributed by atoms with Gasteiger partial charge in [0.15, 0.2) is 6.10 Å². The maximum Gasteiger partial charge on any atom is 0.306 e. The van der Waals surface area contributed by atoms with Gasteiger partial charge in [0.25, 0.3) is 0 Å². The van der Waals surface area contributed by atoms with Gasteiger partial charge in [0.05, 0.1) is 6.61 Å². The summed E-state index contributed by atoms with van der Waals surface area (Å²) in [6, 6.07) is 0. The maximum atomic E-state index is 12.4. The minimum absolute atomic E-state index is 0.0713. The van der Waals surface area contributed by atoms with Crippen LogP contribution in [0.3, 0.4) is 0 Å². The minimum Gasteiger partial charge on any atom is -0.462 e. The lowest BCUT2D eigenvalue weighted by Crippen LogP contribution is -2.28. The molecule has 0 amide bonds. The lowest BCUT2D eigenvalue weighted by molar-refractivity contribution is -0.161. The lowest BCUT2D eigenvalue weighted by atomic mass is 10.0. The van der Waals surface area contributed by atoms with E-state index in [0.29, 0.717) is 12.8 Å². The molecule has 5 heteroatoms. The monoisotopic (exact) mass is 1130 g/mol. The number of aliphatic hydroxyl groups excluding tert-OH is 1. The smallest absolute Gasteiger partial charge is 0.306 e. The van der Waals surface area contributed by atoms with E-state index in [1.807, 2.05) is 0 Å². The van der Waals surface area contributed by atoms with E-state index in [-0.39, 0.29) is 25.2 Å². The SMILES string of the molecule is CC/C=C\C/C=C\C/C=C\C/C=C\C/C=C\C/C=C\C/C=C\CCCCCCCCCCCCCCCCCCCCCC(=O)OC(CO)COC(=O)CCCCCCCCCCCCC/C=C\C/C=C\C/C=C\C/C=C\C/C=C\CC. The molecule has 1 unspecified atom stereocenters. The summed E-state index contributed by atoms with van der Waals surface area (Å²) in [6.45, 7) is 3.93. The zero-order valence-electron chi connectivity index (χ0n) is 53.5. The Kier molecular flexibility index (Phi) is 67.4. The molecular weight excluding hydrogens is 1000 g/mol. The summed E-state index contributed by atoms with van der Waals surface area (Å²) in [5.41, 5.74) is 0. The quantitative estimate of drug-likeness (QED) is 0.0373. The van der Waals surface area contributed by atoms with Gasteiger partial charge in [-0.1, -0.05) is 327 Å². The zero-order valence-corrected chi connectivity index (χ0v) is 53.5. The number of hydrogen-bond donors (Lipinski definition) is 1. The standard InChI is InChI=1S/C77H128O5/c1-3-5-7-9-11-13-15-17-19-21-23-25-27-29-31-32-33-34-35-36-37-38-39-40-41-42-43-44-46-48-50-52-54-56-58-60-62-64-66-68-70-72-77(80)82-75(73-78)74-81-76(79)71-69-67-65-63-61-59-57-55-53-51-49-47-45-30-28-26-24-22-20-18-16-14-12-10-8-6-4-2/h5-8,11-14,17-20,23-26,29-31,33-34,36-37,45,75,78H,3-4,9-10,15-16,21-22,27-28,32,35,38-44,46-74H2,1-2H3/b7-5-,8-6-,13-11-,14-12-,19-17-,20-18-,25-23-,26-24-,31-29-,34-33-,37-36-,45-30-. The molecule has 0 aliphatic rings. The molecule has 0 radical (unpaired) electrons. The van der Waals surface area contributed by atoms with E-state index in [2.05, 4.69) is 160 Å². The molecule has 0 aromatic carbocycles. The number of allylic oxidation sites excluding steroid dienone is 24. The molecule has 0 saturated carbocycles. The first kappa shape index (κ1) is 77.8. The van der Waals surface area contributed by atoms with Crippen molar-refractivity contribution in [3.05, 3.63) is 146 Å². The van der Waals surface area contributed by atoms with Gasteiger partial charge in [-0.15, -0.1) is 0 Å². The Balaban J connectivity index is 3.48. The molecule has 0 aromatic heterocycles. The second kappa shape index (κ2) is 71.0. The number of ether oxygens (including phenoxy) is 2. The second-order valence-electron chi connectivity index (χ2n) is 22.5. The lowest BCUT2D eigenvalue weighted by Gasteiger charge is -2.15. The molecule has 466 valence electrons. The summed E-state index contributed by atoms with van der Waals surface area (Å²) in [5, 5.41) is 9.70. The molecule has 0 aliphatic heterocycles. The van der Waals surface area contributed by atoms with Crippen LogP contribution >= 0.6 is 0 Å². The molecule has 0 aliphatic carbocycles. The first-order valence-electron chi connectivity index (χ1n) is 34.4. The fourth-order valence-electron chi connectivity index (χ4n) is 9.57. The third kappa shape index (κ3) is 68.3. The van der Waals surface area contributed by atoms with E-state index in [4.69, 9.17) is 9.47 Å².